The van der Waals surface area contributed by atoms with E-state index in [2.05, 4.69) is 30.8 Å². The maximum absolute atomic E-state index is 6.44. The van der Waals surface area contributed by atoms with E-state index in [1.54, 1.807) is 0 Å². The van der Waals surface area contributed by atoms with Gasteiger partial charge in [0.25, 0.3) is 0 Å². The molecule has 0 fully saturated rings. The molecule has 0 N–H and O–H groups in total. The molecule has 0 saturated carbocycles. The van der Waals surface area contributed by atoms with Crippen LogP contribution in [-0.4, -0.2) is 9.97 Å². The van der Waals surface area contributed by atoms with Gasteiger partial charge in [-0.25, -0.2) is 9.97 Å². The number of nitrogens with zero attached hydrogens (tertiary/aromatic N) is 3. The number of ether oxygens (including phenoxy) is 2. The van der Waals surface area contributed by atoms with Gasteiger partial charge in [-0.15, -0.1) is 0 Å². The minimum absolute atomic E-state index is 0.540. The van der Waals surface area contributed by atoms with Crippen molar-refractivity contribution in [3.8, 4) is 45.9 Å². The van der Waals surface area contributed by atoms with Crippen molar-refractivity contribution in [3.63, 3.8) is 0 Å². The number of oxazole rings is 2. The lowest BCUT2D eigenvalue weighted by Crippen LogP contribution is -2.20. The molecule has 7 aromatic rings. The number of anilines is 3. The van der Waals surface area contributed by atoms with Gasteiger partial charge in [0, 0.05) is 15.6 Å². The molecule has 0 bridgehead atoms. The Bertz CT molecular complexity index is 1950. The number of rotatable bonds is 2. The monoisotopic (exact) mass is 585 g/mol. The van der Waals surface area contributed by atoms with Crippen LogP contribution in [0.3, 0.4) is 0 Å². The van der Waals surface area contributed by atoms with E-state index < -0.39 is 0 Å². The molecule has 5 aromatic carbocycles. The predicted molar refractivity (Wildman–Crippen MR) is 155 cm³/mol. The lowest BCUT2D eigenvalue weighted by molar-refractivity contribution is 0.445. The molecule has 190 valence electrons. The Morgan fingerprint density at radius 3 is 1.55 bits per heavy atom. The van der Waals surface area contributed by atoms with Crippen molar-refractivity contribution in [2.24, 2.45) is 0 Å². The summed E-state index contributed by atoms with van der Waals surface area (Å²) in [6.45, 7) is 0. The van der Waals surface area contributed by atoms with E-state index in [-0.39, 0.29) is 0 Å². The third-order valence-corrected chi connectivity index (χ3v) is 7.61. The Hall–Kier alpha value is -5.08. The van der Waals surface area contributed by atoms with Gasteiger partial charge < -0.3 is 18.3 Å². The van der Waals surface area contributed by atoms with Crippen LogP contribution in [0.1, 0.15) is 0 Å². The van der Waals surface area contributed by atoms with E-state index >= 15 is 0 Å². The second kappa shape index (κ2) is 7.97. The van der Waals surface area contributed by atoms with E-state index in [4.69, 9.17) is 18.3 Å². The maximum Gasteiger partial charge on any atom is 0.227 e. The van der Waals surface area contributed by atoms with Crippen LogP contribution in [0, 0.1) is 0 Å². The van der Waals surface area contributed by atoms with Crippen molar-refractivity contribution < 1.29 is 18.3 Å². The van der Waals surface area contributed by atoms with Crippen LogP contribution in [0.2, 0.25) is 0 Å². The summed E-state index contributed by atoms with van der Waals surface area (Å²) in [7, 11) is 0. The van der Waals surface area contributed by atoms with Gasteiger partial charge in [0.05, 0.1) is 11.4 Å². The Morgan fingerprint density at radius 2 is 1.05 bits per heavy atom. The highest BCUT2D eigenvalue weighted by molar-refractivity contribution is 9.10. The summed E-state index contributed by atoms with van der Waals surface area (Å²) >= 11 is 3.62. The number of halogens is 1. The summed E-state index contributed by atoms with van der Waals surface area (Å²) in [6, 6.07) is 31.3. The number of hydrogen-bond acceptors (Lipinski definition) is 7. The van der Waals surface area contributed by atoms with E-state index in [1.807, 2.05) is 97.1 Å². The SMILES string of the molecule is Brc1cc2c3c(c1)Oc1cc(-c4nc5ccccc5o4)ccc1N3c1ccc(-c3nc4ccccc4o3)cc1O2. The molecule has 8 heteroatoms. The highest BCUT2D eigenvalue weighted by Crippen LogP contribution is 2.61. The zero-order valence-electron chi connectivity index (χ0n) is 20.6. The number of fused-ring (bicyclic) bond motifs is 6. The average molecular weight is 586 g/mol. The molecular formula is C32H16BrN3O4. The maximum atomic E-state index is 6.44. The van der Waals surface area contributed by atoms with Crippen LogP contribution in [-0.2, 0) is 0 Å². The van der Waals surface area contributed by atoms with Crippen LogP contribution in [0.15, 0.2) is 110 Å². The van der Waals surface area contributed by atoms with Crippen LogP contribution >= 0.6 is 15.9 Å². The number of benzene rings is 5. The Labute approximate surface area is 235 Å². The first kappa shape index (κ1) is 21.8. The Morgan fingerprint density at radius 1 is 0.550 bits per heavy atom. The molecule has 0 unspecified atom stereocenters. The molecule has 40 heavy (non-hydrogen) atoms. The molecule has 0 radical (unpaired) electrons. The molecule has 0 saturated heterocycles. The molecule has 2 aliphatic heterocycles. The fourth-order valence-electron chi connectivity index (χ4n) is 5.35. The van der Waals surface area contributed by atoms with Crippen molar-refractivity contribution in [1.82, 2.24) is 9.97 Å². The molecule has 0 spiro atoms. The normalized spacial score (nSPS) is 13.0. The highest BCUT2D eigenvalue weighted by Gasteiger charge is 2.35. The second-order valence-electron chi connectivity index (χ2n) is 9.63. The summed E-state index contributed by atoms with van der Waals surface area (Å²) in [6.07, 6.45) is 0. The smallest absolute Gasteiger partial charge is 0.227 e. The molecule has 2 aromatic heterocycles. The van der Waals surface area contributed by atoms with Crippen LogP contribution in [0.5, 0.6) is 23.0 Å². The number of aromatic nitrogens is 2. The van der Waals surface area contributed by atoms with Gasteiger partial charge in [0.1, 0.15) is 16.7 Å². The lowest BCUT2D eigenvalue weighted by atomic mass is 10.0. The minimum Gasteiger partial charge on any atom is -0.453 e. The minimum atomic E-state index is 0.540. The van der Waals surface area contributed by atoms with Gasteiger partial charge in [-0.05, 0) is 72.8 Å². The van der Waals surface area contributed by atoms with Gasteiger partial charge in [0.15, 0.2) is 34.2 Å². The van der Waals surface area contributed by atoms with E-state index in [0.717, 1.165) is 54.9 Å². The molecule has 7 nitrogen and oxygen atoms in total. The number of hydrogen-bond donors (Lipinski definition) is 0. The van der Waals surface area contributed by atoms with Crippen molar-refractivity contribution in [3.05, 3.63) is 102 Å². The summed E-state index contributed by atoms with van der Waals surface area (Å²) < 4.78 is 25.8. The fraction of sp³-hybridized carbons (Fsp3) is 0. The zero-order valence-corrected chi connectivity index (χ0v) is 22.2. The fourth-order valence-corrected chi connectivity index (χ4v) is 5.77. The molecule has 4 heterocycles. The summed E-state index contributed by atoms with van der Waals surface area (Å²) in [5.74, 6) is 3.82. The second-order valence-corrected chi connectivity index (χ2v) is 10.5. The van der Waals surface area contributed by atoms with E-state index in [1.165, 1.54) is 0 Å². The molecule has 0 amide bonds. The van der Waals surface area contributed by atoms with Gasteiger partial charge in [-0.2, -0.15) is 0 Å². The first-order valence-electron chi connectivity index (χ1n) is 12.7. The Balaban J connectivity index is 1.19. The average Bonchev–Trinajstić information content (AvgIpc) is 3.61. The standard InChI is InChI=1S/C32H16BrN3O4/c33-19-15-28-30-29(16-19)38-27-14-18(32-35-21-6-2-4-8-25(21)40-32)10-12-23(27)36(30)22-11-9-17(13-26(22)37-28)31-34-20-5-1-3-7-24(20)39-31/h1-16H. The highest BCUT2D eigenvalue weighted by atomic mass is 79.9. The van der Waals surface area contributed by atoms with Crippen molar-refractivity contribution in [2.75, 3.05) is 4.90 Å². The third kappa shape index (κ3) is 3.17. The third-order valence-electron chi connectivity index (χ3n) is 7.15. The molecule has 2 aliphatic rings. The summed E-state index contributed by atoms with van der Waals surface area (Å²) in [4.78, 5) is 11.5. The topological polar surface area (TPSA) is 73.8 Å². The first-order chi connectivity index (χ1) is 19.7. The largest absolute Gasteiger partial charge is 0.453 e. The zero-order chi connectivity index (χ0) is 26.4. The Kier molecular flexibility index (Phi) is 4.34. The van der Waals surface area contributed by atoms with Gasteiger partial charge in [0.2, 0.25) is 11.8 Å². The summed E-state index contributed by atoms with van der Waals surface area (Å²) in [5.41, 5.74) is 7.37. The van der Waals surface area contributed by atoms with Gasteiger partial charge in [-0.3, -0.25) is 4.90 Å². The van der Waals surface area contributed by atoms with Gasteiger partial charge in [-0.1, -0.05) is 40.2 Å². The number of para-hydroxylation sites is 4. The molecule has 0 aliphatic carbocycles. The molecule has 0 atom stereocenters. The van der Waals surface area contributed by atoms with Gasteiger partial charge >= 0.3 is 0 Å². The van der Waals surface area contributed by atoms with Crippen LogP contribution < -0.4 is 14.4 Å². The molecule has 9 rings (SSSR count). The van der Waals surface area contributed by atoms with E-state index in [0.29, 0.717) is 34.8 Å². The lowest BCUT2D eigenvalue weighted by Gasteiger charge is -2.38. The van der Waals surface area contributed by atoms with Crippen molar-refractivity contribution in [2.45, 2.75) is 0 Å². The van der Waals surface area contributed by atoms with Crippen molar-refractivity contribution >= 4 is 55.2 Å². The van der Waals surface area contributed by atoms with Crippen molar-refractivity contribution in [1.29, 1.82) is 0 Å². The predicted octanol–water partition coefficient (Wildman–Crippen LogP) is 9.75. The van der Waals surface area contributed by atoms with Crippen LogP contribution in [0.4, 0.5) is 17.1 Å². The quantitative estimate of drug-likeness (QED) is 0.200. The van der Waals surface area contributed by atoms with E-state index in [9.17, 15) is 0 Å². The summed E-state index contributed by atoms with van der Waals surface area (Å²) in [5, 5.41) is 0. The molecular weight excluding hydrogens is 570 g/mol. The first-order valence-corrected chi connectivity index (χ1v) is 13.5. The van der Waals surface area contributed by atoms with Crippen LogP contribution in [0.25, 0.3) is 45.1 Å².